The summed E-state index contributed by atoms with van der Waals surface area (Å²) >= 11 is 0. The van der Waals surface area contributed by atoms with E-state index in [4.69, 9.17) is 9.47 Å². The molecule has 0 radical (unpaired) electrons. The Morgan fingerprint density at radius 1 is 1.22 bits per heavy atom. The van der Waals surface area contributed by atoms with Crippen LogP contribution < -0.4 is 0 Å². The van der Waals surface area contributed by atoms with Crippen molar-refractivity contribution in [3.05, 3.63) is 0 Å². The molecular formula is C15H26F3NO4. The number of alkyl halides is 3. The van der Waals surface area contributed by atoms with Crippen LogP contribution in [0.2, 0.25) is 0 Å². The number of rotatable bonds is 6. The average Bonchev–Trinajstić information content (AvgIpc) is 2.80. The summed E-state index contributed by atoms with van der Waals surface area (Å²) < 4.78 is 51.5. The largest absolute Gasteiger partial charge is 0.444 e. The number of hydrogen-bond acceptors (Lipinski definition) is 4. The molecule has 0 aromatic carbocycles. The standard InChI is InChI=1S/C15H26F3NO4/c1-5-14(22-9-8-21-11-15(16,17)18)6-7-19(10-14)12(20)23-13(2,3)4/h5-11H2,1-4H3. The average molecular weight is 341 g/mol. The van der Waals surface area contributed by atoms with E-state index in [0.29, 0.717) is 25.9 Å². The first-order chi connectivity index (χ1) is 10.5. The highest BCUT2D eigenvalue weighted by atomic mass is 19.4. The number of carbonyl (C=O) groups excluding carboxylic acids is 1. The Balaban J connectivity index is 2.40. The number of halogens is 3. The monoisotopic (exact) mass is 341 g/mol. The first-order valence-corrected chi connectivity index (χ1v) is 7.73. The van der Waals surface area contributed by atoms with E-state index in [1.165, 1.54) is 0 Å². The first-order valence-electron chi connectivity index (χ1n) is 7.73. The second-order valence-corrected chi connectivity index (χ2v) is 6.70. The predicted octanol–water partition coefficient (Wildman–Crippen LogP) is 3.37. The quantitative estimate of drug-likeness (QED) is 0.695. The third-order valence-electron chi connectivity index (χ3n) is 3.51. The molecule has 8 heteroatoms. The van der Waals surface area contributed by atoms with Crippen molar-refractivity contribution in [1.29, 1.82) is 0 Å². The molecule has 1 heterocycles. The van der Waals surface area contributed by atoms with Crippen LogP contribution in [-0.2, 0) is 14.2 Å². The maximum Gasteiger partial charge on any atom is 0.411 e. The second-order valence-electron chi connectivity index (χ2n) is 6.70. The van der Waals surface area contributed by atoms with Gasteiger partial charge in [0.1, 0.15) is 12.2 Å². The maximum absolute atomic E-state index is 12.0. The molecule has 1 rings (SSSR count). The summed E-state index contributed by atoms with van der Waals surface area (Å²) in [6, 6.07) is 0. The third kappa shape index (κ3) is 7.39. The Hall–Kier alpha value is -1.02. The highest BCUT2D eigenvalue weighted by Gasteiger charge is 2.41. The highest BCUT2D eigenvalue weighted by Crippen LogP contribution is 2.30. The van der Waals surface area contributed by atoms with Crippen molar-refractivity contribution < 1.29 is 32.2 Å². The van der Waals surface area contributed by atoms with Crippen molar-refractivity contribution in [3.8, 4) is 0 Å². The van der Waals surface area contributed by atoms with Gasteiger partial charge in [0, 0.05) is 6.54 Å². The van der Waals surface area contributed by atoms with Crippen LogP contribution in [0.25, 0.3) is 0 Å². The lowest BCUT2D eigenvalue weighted by Gasteiger charge is -2.29. The fourth-order valence-electron chi connectivity index (χ4n) is 2.34. The van der Waals surface area contributed by atoms with Gasteiger partial charge in [0.05, 0.1) is 25.4 Å². The van der Waals surface area contributed by atoms with Crippen LogP contribution in [0.1, 0.15) is 40.5 Å². The minimum absolute atomic E-state index is 0.0616. The van der Waals surface area contributed by atoms with E-state index in [9.17, 15) is 18.0 Å². The molecule has 1 atom stereocenters. The molecule has 0 aromatic rings. The van der Waals surface area contributed by atoms with Crippen molar-refractivity contribution in [2.24, 2.45) is 0 Å². The van der Waals surface area contributed by atoms with E-state index in [1.807, 2.05) is 6.92 Å². The summed E-state index contributed by atoms with van der Waals surface area (Å²) in [5, 5.41) is 0. The maximum atomic E-state index is 12.0. The van der Waals surface area contributed by atoms with Crippen molar-refractivity contribution in [3.63, 3.8) is 0 Å². The SMILES string of the molecule is CCC1(OCCOCC(F)(F)F)CCN(C(=O)OC(C)(C)C)C1. The number of carbonyl (C=O) groups is 1. The van der Waals surface area contributed by atoms with Gasteiger partial charge >= 0.3 is 12.3 Å². The minimum atomic E-state index is -4.33. The molecule has 0 aliphatic carbocycles. The van der Waals surface area contributed by atoms with E-state index >= 15 is 0 Å². The molecule has 0 bridgehead atoms. The number of likely N-dealkylation sites (tertiary alicyclic amines) is 1. The molecule has 0 saturated carbocycles. The molecule has 136 valence electrons. The first kappa shape index (κ1) is 20.0. The predicted molar refractivity (Wildman–Crippen MR) is 78.3 cm³/mol. The van der Waals surface area contributed by atoms with Crippen molar-refractivity contribution in [1.82, 2.24) is 4.90 Å². The molecule has 0 aromatic heterocycles. The molecule has 1 aliphatic rings. The zero-order valence-electron chi connectivity index (χ0n) is 14.2. The highest BCUT2D eigenvalue weighted by molar-refractivity contribution is 5.68. The van der Waals surface area contributed by atoms with Gasteiger partial charge in [-0.3, -0.25) is 0 Å². The Morgan fingerprint density at radius 3 is 2.39 bits per heavy atom. The normalized spacial score (nSPS) is 22.5. The summed E-state index contributed by atoms with van der Waals surface area (Å²) in [4.78, 5) is 13.6. The smallest absolute Gasteiger partial charge is 0.411 e. The van der Waals surface area contributed by atoms with Crippen LogP contribution in [0.5, 0.6) is 0 Å². The molecule has 0 N–H and O–H groups in total. The molecular weight excluding hydrogens is 315 g/mol. The fourth-order valence-corrected chi connectivity index (χ4v) is 2.34. The molecule has 1 saturated heterocycles. The van der Waals surface area contributed by atoms with E-state index < -0.39 is 30.1 Å². The Kier molecular flexibility index (Phi) is 6.70. The molecule has 0 spiro atoms. The number of amides is 1. The second kappa shape index (κ2) is 7.70. The van der Waals surface area contributed by atoms with Crippen LogP contribution in [0.15, 0.2) is 0 Å². The van der Waals surface area contributed by atoms with Gasteiger partial charge in [0.25, 0.3) is 0 Å². The molecule has 5 nitrogen and oxygen atoms in total. The Morgan fingerprint density at radius 2 is 1.87 bits per heavy atom. The zero-order chi connectivity index (χ0) is 17.7. The van der Waals surface area contributed by atoms with Crippen molar-refractivity contribution in [2.75, 3.05) is 32.9 Å². The van der Waals surface area contributed by atoms with Crippen LogP contribution >= 0.6 is 0 Å². The zero-order valence-corrected chi connectivity index (χ0v) is 14.2. The Labute approximate surface area is 135 Å². The van der Waals surface area contributed by atoms with Crippen LogP contribution in [0.4, 0.5) is 18.0 Å². The summed E-state index contributed by atoms with van der Waals surface area (Å²) in [6.45, 7) is 6.84. The topological polar surface area (TPSA) is 48.0 Å². The summed E-state index contributed by atoms with van der Waals surface area (Å²) in [6.07, 6.45) is -3.44. The van der Waals surface area contributed by atoms with Gasteiger partial charge in [-0.05, 0) is 33.6 Å². The summed E-state index contributed by atoms with van der Waals surface area (Å²) in [5.41, 5.74) is -1.11. The number of hydrogen-bond donors (Lipinski definition) is 0. The van der Waals surface area contributed by atoms with E-state index in [0.717, 1.165) is 0 Å². The summed E-state index contributed by atoms with van der Waals surface area (Å²) in [7, 11) is 0. The van der Waals surface area contributed by atoms with Gasteiger partial charge in [-0.25, -0.2) is 4.79 Å². The molecule has 23 heavy (non-hydrogen) atoms. The number of ether oxygens (including phenoxy) is 3. The third-order valence-corrected chi connectivity index (χ3v) is 3.51. The van der Waals surface area contributed by atoms with Gasteiger partial charge in [-0.1, -0.05) is 6.92 Å². The fraction of sp³-hybridized carbons (Fsp3) is 0.933. The van der Waals surface area contributed by atoms with E-state index in [-0.39, 0.29) is 13.2 Å². The van der Waals surface area contributed by atoms with Crippen LogP contribution in [0.3, 0.4) is 0 Å². The van der Waals surface area contributed by atoms with Gasteiger partial charge < -0.3 is 19.1 Å². The van der Waals surface area contributed by atoms with Crippen molar-refractivity contribution >= 4 is 6.09 Å². The molecule has 1 aliphatic heterocycles. The van der Waals surface area contributed by atoms with Gasteiger partial charge in [-0.2, -0.15) is 13.2 Å². The number of nitrogens with zero attached hydrogens (tertiary/aromatic N) is 1. The van der Waals surface area contributed by atoms with E-state index in [2.05, 4.69) is 4.74 Å². The lowest BCUT2D eigenvalue weighted by Crippen LogP contribution is -2.40. The molecule has 1 unspecified atom stereocenters. The Bertz CT molecular complexity index is 395. The van der Waals surface area contributed by atoms with Crippen LogP contribution in [-0.4, -0.2) is 61.3 Å². The molecule has 1 amide bonds. The lowest BCUT2D eigenvalue weighted by molar-refractivity contribution is -0.179. The van der Waals surface area contributed by atoms with Gasteiger partial charge in [0.2, 0.25) is 0 Å². The van der Waals surface area contributed by atoms with Crippen molar-refractivity contribution in [2.45, 2.75) is 57.9 Å². The van der Waals surface area contributed by atoms with Gasteiger partial charge in [-0.15, -0.1) is 0 Å². The van der Waals surface area contributed by atoms with Gasteiger partial charge in [0.15, 0.2) is 0 Å². The van der Waals surface area contributed by atoms with E-state index in [1.54, 1.807) is 25.7 Å². The van der Waals surface area contributed by atoms with Crippen LogP contribution in [0, 0.1) is 0 Å². The minimum Gasteiger partial charge on any atom is -0.444 e. The lowest BCUT2D eigenvalue weighted by atomic mass is 10.00. The molecule has 1 fully saturated rings. The summed E-state index contributed by atoms with van der Waals surface area (Å²) in [5.74, 6) is 0.